The van der Waals surface area contributed by atoms with Crippen molar-refractivity contribution < 1.29 is 23.5 Å². The van der Waals surface area contributed by atoms with Gasteiger partial charge in [0, 0.05) is 10.6 Å². The Morgan fingerprint density at radius 1 is 1.08 bits per heavy atom. The molecule has 0 radical (unpaired) electrons. The van der Waals surface area contributed by atoms with Crippen molar-refractivity contribution in [2.24, 2.45) is 0 Å². The van der Waals surface area contributed by atoms with Gasteiger partial charge >= 0.3 is 5.97 Å². The minimum Gasteiger partial charge on any atom is -0.463 e. The van der Waals surface area contributed by atoms with Gasteiger partial charge in [0.1, 0.15) is 18.5 Å². The molecule has 0 aromatic heterocycles. The Bertz CT molecular complexity index is 835. The van der Waals surface area contributed by atoms with E-state index in [1.165, 1.54) is 24.8 Å². The van der Waals surface area contributed by atoms with Crippen molar-refractivity contribution in [2.75, 3.05) is 12.4 Å². The first-order valence-electron chi connectivity index (χ1n) is 8.01. The molecule has 0 aliphatic carbocycles. The highest BCUT2D eigenvalue weighted by molar-refractivity contribution is 7.99. The molecule has 1 heterocycles. The van der Waals surface area contributed by atoms with Crippen LogP contribution in [0.5, 0.6) is 0 Å². The first-order chi connectivity index (χ1) is 12.5. The van der Waals surface area contributed by atoms with Gasteiger partial charge in [-0.25, -0.2) is 9.18 Å². The molecular formula is C19H16FNO4S. The normalized spacial score (nSPS) is 14.3. The number of ether oxygens (including phenoxy) is 1. The molecule has 0 spiro atoms. The van der Waals surface area contributed by atoms with Gasteiger partial charge in [0.2, 0.25) is 0 Å². The Labute approximate surface area is 154 Å². The van der Waals surface area contributed by atoms with E-state index < -0.39 is 23.8 Å². The van der Waals surface area contributed by atoms with Gasteiger partial charge in [-0.2, -0.15) is 0 Å². The number of hydrogen-bond donors (Lipinski definition) is 0. The van der Waals surface area contributed by atoms with E-state index in [-0.39, 0.29) is 23.6 Å². The molecule has 2 aromatic carbocycles. The number of thioether (sulfide) groups is 1. The van der Waals surface area contributed by atoms with Gasteiger partial charge in [0.25, 0.3) is 11.8 Å². The number of esters is 1. The zero-order valence-electron chi connectivity index (χ0n) is 14.0. The summed E-state index contributed by atoms with van der Waals surface area (Å²) in [5.74, 6) is -1.65. The lowest BCUT2D eigenvalue weighted by Gasteiger charge is -2.20. The molecule has 0 saturated carbocycles. The Morgan fingerprint density at radius 2 is 1.65 bits per heavy atom. The summed E-state index contributed by atoms with van der Waals surface area (Å²) in [7, 11) is 0. The lowest BCUT2D eigenvalue weighted by molar-refractivity contribution is -0.147. The predicted octanol–water partition coefficient (Wildman–Crippen LogP) is 3.15. The summed E-state index contributed by atoms with van der Waals surface area (Å²) in [6.07, 6.45) is 0. The largest absolute Gasteiger partial charge is 0.463 e. The summed E-state index contributed by atoms with van der Waals surface area (Å²) in [5.41, 5.74) is 0.569. The van der Waals surface area contributed by atoms with Crippen LogP contribution >= 0.6 is 11.8 Å². The van der Waals surface area contributed by atoms with E-state index in [4.69, 9.17) is 4.74 Å². The Morgan fingerprint density at radius 3 is 2.27 bits per heavy atom. The SMILES string of the molecule is C[C@@H](C(=O)OCCSc1ccccc1F)N1C(=O)c2ccccc2C1=O. The van der Waals surface area contributed by atoms with Crippen molar-refractivity contribution >= 4 is 29.5 Å². The second-order valence-electron chi connectivity index (χ2n) is 5.65. The number of carbonyl (C=O) groups is 3. The van der Waals surface area contributed by atoms with Crippen LogP contribution in [0.2, 0.25) is 0 Å². The summed E-state index contributed by atoms with van der Waals surface area (Å²) in [5, 5.41) is 0. The predicted molar refractivity (Wildman–Crippen MR) is 94.5 cm³/mol. The van der Waals surface area contributed by atoms with E-state index in [0.29, 0.717) is 10.6 Å². The maximum atomic E-state index is 13.5. The van der Waals surface area contributed by atoms with E-state index in [1.807, 2.05) is 0 Å². The van der Waals surface area contributed by atoms with E-state index in [9.17, 15) is 18.8 Å². The summed E-state index contributed by atoms with van der Waals surface area (Å²) in [4.78, 5) is 38.3. The van der Waals surface area contributed by atoms with E-state index in [1.54, 1.807) is 42.5 Å². The summed E-state index contributed by atoms with van der Waals surface area (Å²) >= 11 is 1.22. The second-order valence-corrected chi connectivity index (χ2v) is 6.78. The molecule has 26 heavy (non-hydrogen) atoms. The molecule has 1 aliphatic rings. The fourth-order valence-corrected chi connectivity index (χ4v) is 3.41. The Balaban J connectivity index is 1.55. The number of carbonyl (C=O) groups excluding carboxylic acids is 3. The molecule has 1 atom stereocenters. The fraction of sp³-hybridized carbons (Fsp3) is 0.211. The van der Waals surface area contributed by atoms with Crippen LogP contribution < -0.4 is 0 Å². The van der Waals surface area contributed by atoms with Crippen LogP contribution in [0, 0.1) is 5.82 Å². The third-order valence-electron chi connectivity index (χ3n) is 3.98. The van der Waals surface area contributed by atoms with Crippen LogP contribution in [0.15, 0.2) is 53.4 Å². The maximum absolute atomic E-state index is 13.5. The van der Waals surface area contributed by atoms with Crippen LogP contribution in [-0.4, -0.2) is 41.1 Å². The van der Waals surface area contributed by atoms with E-state index in [2.05, 4.69) is 0 Å². The Hall–Kier alpha value is -2.67. The summed E-state index contributed by atoms with van der Waals surface area (Å²) < 4.78 is 18.7. The molecule has 2 amide bonds. The van der Waals surface area contributed by atoms with Gasteiger partial charge in [0.05, 0.1) is 11.1 Å². The van der Waals surface area contributed by atoms with Crippen LogP contribution in [0.4, 0.5) is 4.39 Å². The number of imide groups is 1. The number of fused-ring (bicyclic) bond motifs is 1. The lowest BCUT2D eigenvalue weighted by Crippen LogP contribution is -2.43. The zero-order valence-corrected chi connectivity index (χ0v) is 14.8. The number of amides is 2. The standard InChI is InChI=1S/C19H16FNO4S/c1-12(21-17(22)13-6-2-3-7-14(13)18(21)23)19(24)25-10-11-26-16-9-5-4-8-15(16)20/h2-9,12H,10-11H2,1H3/t12-/m0/s1. The number of hydrogen-bond acceptors (Lipinski definition) is 5. The smallest absolute Gasteiger partial charge is 0.329 e. The molecular weight excluding hydrogens is 357 g/mol. The van der Waals surface area contributed by atoms with Crippen molar-refractivity contribution in [1.29, 1.82) is 0 Å². The molecule has 2 aromatic rings. The highest BCUT2D eigenvalue weighted by Gasteiger charge is 2.41. The number of rotatable bonds is 6. The first-order valence-corrected chi connectivity index (χ1v) is 9.00. The van der Waals surface area contributed by atoms with Crippen molar-refractivity contribution in [2.45, 2.75) is 17.9 Å². The van der Waals surface area contributed by atoms with Crippen LogP contribution in [0.25, 0.3) is 0 Å². The van der Waals surface area contributed by atoms with E-state index in [0.717, 1.165) is 4.90 Å². The number of benzene rings is 2. The molecule has 134 valence electrons. The average molecular weight is 373 g/mol. The van der Waals surface area contributed by atoms with Gasteiger partial charge in [-0.05, 0) is 31.2 Å². The van der Waals surface area contributed by atoms with Crippen molar-refractivity contribution in [3.05, 3.63) is 65.5 Å². The van der Waals surface area contributed by atoms with Gasteiger partial charge in [-0.1, -0.05) is 24.3 Å². The molecule has 0 N–H and O–H groups in total. The van der Waals surface area contributed by atoms with Crippen molar-refractivity contribution in [3.8, 4) is 0 Å². The molecule has 1 aliphatic heterocycles. The molecule has 7 heteroatoms. The third kappa shape index (κ3) is 3.48. The van der Waals surface area contributed by atoms with Gasteiger partial charge in [0.15, 0.2) is 0 Å². The van der Waals surface area contributed by atoms with Crippen LogP contribution in [-0.2, 0) is 9.53 Å². The van der Waals surface area contributed by atoms with Crippen LogP contribution in [0.1, 0.15) is 27.6 Å². The molecule has 0 fully saturated rings. The highest BCUT2D eigenvalue weighted by atomic mass is 32.2. The quantitative estimate of drug-likeness (QED) is 0.337. The molecule has 3 rings (SSSR count). The summed E-state index contributed by atoms with van der Waals surface area (Å²) in [6, 6.07) is 11.7. The minimum absolute atomic E-state index is 0.0470. The van der Waals surface area contributed by atoms with Gasteiger partial charge in [-0.3, -0.25) is 14.5 Å². The van der Waals surface area contributed by atoms with Gasteiger partial charge < -0.3 is 4.74 Å². The fourth-order valence-electron chi connectivity index (χ4n) is 2.64. The molecule has 0 bridgehead atoms. The Kier molecular flexibility index (Phi) is 5.37. The topological polar surface area (TPSA) is 63.7 Å². The van der Waals surface area contributed by atoms with Crippen molar-refractivity contribution in [3.63, 3.8) is 0 Å². The maximum Gasteiger partial charge on any atom is 0.329 e. The molecule has 5 nitrogen and oxygen atoms in total. The number of halogens is 1. The molecule has 0 unspecified atom stereocenters. The summed E-state index contributed by atoms with van der Waals surface area (Å²) in [6.45, 7) is 1.50. The van der Waals surface area contributed by atoms with E-state index >= 15 is 0 Å². The molecule has 0 saturated heterocycles. The third-order valence-corrected chi connectivity index (χ3v) is 4.99. The average Bonchev–Trinajstić information content (AvgIpc) is 2.90. The highest BCUT2D eigenvalue weighted by Crippen LogP contribution is 2.25. The first kappa shape index (κ1) is 18.1. The second kappa shape index (κ2) is 7.70. The minimum atomic E-state index is -1.03. The zero-order chi connectivity index (χ0) is 18.7. The monoisotopic (exact) mass is 373 g/mol. The number of nitrogens with zero attached hydrogens (tertiary/aromatic N) is 1. The lowest BCUT2D eigenvalue weighted by atomic mass is 10.1. The van der Waals surface area contributed by atoms with Crippen molar-refractivity contribution in [1.82, 2.24) is 4.90 Å². The van der Waals surface area contributed by atoms with Gasteiger partial charge in [-0.15, -0.1) is 11.8 Å². The van der Waals surface area contributed by atoms with Crippen LogP contribution in [0.3, 0.4) is 0 Å².